The lowest BCUT2D eigenvalue weighted by molar-refractivity contribution is 0.467. The first-order valence-electron chi connectivity index (χ1n) is 6.08. The quantitative estimate of drug-likeness (QED) is 0.883. The van der Waals surface area contributed by atoms with Gasteiger partial charge in [-0.15, -0.1) is 0 Å². The molecule has 4 heteroatoms. The van der Waals surface area contributed by atoms with Crippen LogP contribution in [0.25, 0.3) is 5.57 Å². The Bertz CT molecular complexity index is 583. The third kappa shape index (κ3) is 3.10. The van der Waals surface area contributed by atoms with Crippen LogP contribution >= 0.6 is 0 Å². The van der Waals surface area contributed by atoms with Crippen molar-refractivity contribution in [1.82, 2.24) is 9.97 Å². The molecule has 2 rings (SSSR count). The SMILES string of the molecule is C/C(=C/Nc1cnccn1)c1cc(C)c(O)c(C)c1. The van der Waals surface area contributed by atoms with Gasteiger partial charge >= 0.3 is 0 Å². The summed E-state index contributed by atoms with van der Waals surface area (Å²) in [6.07, 6.45) is 6.82. The van der Waals surface area contributed by atoms with E-state index in [0.717, 1.165) is 22.3 Å². The molecule has 2 N–H and O–H groups in total. The lowest BCUT2D eigenvalue weighted by Gasteiger charge is -2.09. The number of aromatic hydroxyl groups is 1. The van der Waals surface area contributed by atoms with E-state index in [1.807, 2.05) is 39.1 Å². The van der Waals surface area contributed by atoms with Gasteiger partial charge in [-0.25, -0.2) is 4.98 Å². The molecule has 2 aromatic rings. The number of hydrogen-bond donors (Lipinski definition) is 2. The van der Waals surface area contributed by atoms with E-state index in [-0.39, 0.29) is 0 Å². The zero-order chi connectivity index (χ0) is 13.8. The van der Waals surface area contributed by atoms with Crippen molar-refractivity contribution in [2.45, 2.75) is 20.8 Å². The maximum absolute atomic E-state index is 9.77. The Morgan fingerprint density at radius 1 is 1.21 bits per heavy atom. The minimum Gasteiger partial charge on any atom is -0.507 e. The lowest BCUT2D eigenvalue weighted by Crippen LogP contribution is -1.94. The fourth-order valence-corrected chi connectivity index (χ4v) is 1.82. The number of nitrogens with zero attached hydrogens (tertiary/aromatic N) is 2. The lowest BCUT2D eigenvalue weighted by atomic mass is 10.0. The van der Waals surface area contributed by atoms with Gasteiger partial charge in [0.25, 0.3) is 0 Å². The summed E-state index contributed by atoms with van der Waals surface area (Å²) in [5.41, 5.74) is 3.89. The molecular weight excluding hydrogens is 238 g/mol. The summed E-state index contributed by atoms with van der Waals surface area (Å²) in [5, 5.41) is 12.9. The molecule has 0 bridgehead atoms. The first-order valence-corrected chi connectivity index (χ1v) is 6.08. The molecule has 0 radical (unpaired) electrons. The molecule has 98 valence electrons. The Morgan fingerprint density at radius 3 is 2.47 bits per heavy atom. The van der Waals surface area contributed by atoms with Gasteiger partial charge in [0, 0.05) is 18.6 Å². The number of hydrogen-bond acceptors (Lipinski definition) is 4. The summed E-state index contributed by atoms with van der Waals surface area (Å²) < 4.78 is 0. The molecule has 1 aromatic carbocycles. The van der Waals surface area contributed by atoms with Crippen LogP contribution in [0.3, 0.4) is 0 Å². The van der Waals surface area contributed by atoms with Crippen LogP contribution in [0.2, 0.25) is 0 Å². The highest BCUT2D eigenvalue weighted by Crippen LogP contribution is 2.26. The van der Waals surface area contributed by atoms with Crippen LogP contribution in [-0.4, -0.2) is 15.1 Å². The van der Waals surface area contributed by atoms with Crippen molar-refractivity contribution in [2.75, 3.05) is 5.32 Å². The maximum Gasteiger partial charge on any atom is 0.148 e. The average Bonchev–Trinajstić information content (AvgIpc) is 2.42. The largest absolute Gasteiger partial charge is 0.507 e. The van der Waals surface area contributed by atoms with Crippen molar-refractivity contribution < 1.29 is 5.11 Å². The van der Waals surface area contributed by atoms with Crippen molar-refractivity contribution in [1.29, 1.82) is 0 Å². The highest BCUT2D eigenvalue weighted by Gasteiger charge is 2.04. The fourth-order valence-electron chi connectivity index (χ4n) is 1.82. The van der Waals surface area contributed by atoms with E-state index in [1.165, 1.54) is 0 Å². The van der Waals surface area contributed by atoms with E-state index >= 15 is 0 Å². The van der Waals surface area contributed by atoms with E-state index in [1.54, 1.807) is 18.6 Å². The molecule has 1 heterocycles. The van der Waals surface area contributed by atoms with Crippen LogP contribution in [0.5, 0.6) is 5.75 Å². The highest BCUT2D eigenvalue weighted by atomic mass is 16.3. The van der Waals surface area contributed by atoms with Crippen LogP contribution in [0, 0.1) is 13.8 Å². The standard InChI is InChI=1S/C15H17N3O/c1-10-6-13(7-11(2)15(10)19)12(3)8-18-14-9-16-4-5-17-14/h4-9,19H,1-3H3,(H,17,18)/b12-8-. The van der Waals surface area contributed by atoms with Crippen LogP contribution in [0.1, 0.15) is 23.6 Å². The van der Waals surface area contributed by atoms with Crippen LogP contribution in [-0.2, 0) is 0 Å². The number of phenols is 1. The number of nitrogens with one attached hydrogen (secondary N) is 1. The summed E-state index contributed by atoms with van der Waals surface area (Å²) in [4.78, 5) is 8.12. The molecule has 0 atom stereocenters. The van der Waals surface area contributed by atoms with Crippen LogP contribution in [0.15, 0.2) is 36.9 Å². The van der Waals surface area contributed by atoms with Gasteiger partial charge in [0.2, 0.25) is 0 Å². The van der Waals surface area contributed by atoms with Gasteiger partial charge in [0.05, 0.1) is 6.20 Å². The Balaban J connectivity index is 2.22. The molecule has 0 fully saturated rings. The maximum atomic E-state index is 9.77. The Hall–Kier alpha value is -2.36. The molecule has 19 heavy (non-hydrogen) atoms. The average molecular weight is 255 g/mol. The smallest absolute Gasteiger partial charge is 0.148 e. The normalized spacial score (nSPS) is 11.4. The third-order valence-corrected chi connectivity index (χ3v) is 2.95. The molecule has 0 saturated carbocycles. The number of aromatic nitrogens is 2. The molecule has 0 aliphatic heterocycles. The molecular formula is C15H17N3O. The number of allylic oxidation sites excluding steroid dienone is 1. The minimum atomic E-state index is 0.360. The Kier molecular flexibility index (Phi) is 3.80. The predicted molar refractivity (Wildman–Crippen MR) is 76.9 cm³/mol. The zero-order valence-corrected chi connectivity index (χ0v) is 11.3. The summed E-state index contributed by atoms with van der Waals surface area (Å²) in [6, 6.07) is 3.93. The first kappa shape index (κ1) is 13.1. The number of aryl methyl sites for hydroxylation is 2. The molecule has 0 amide bonds. The van der Waals surface area contributed by atoms with E-state index in [2.05, 4.69) is 15.3 Å². The topological polar surface area (TPSA) is 58.0 Å². The van der Waals surface area contributed by atoms with Gasteiger partial charge in [-0.1, -0.05) is 0 Å². The van der Waals surface area contributed by atoms with Gasteiger partial charge in [0.1, 0.15) is 11.6 Å². The molecule has 4 nitrogen and oxygen atoms in total. The molecule has 0 saturated heterocycles. The van der Waals surface area contributed by atoms with Gasteiger partial charge in [0.15, 0.2) is 0 Å². The van der Waals surface area contributed by atoms with E-state index in [0.29, 0.717) is 11.6 Å². The molecule has 0 aliphatic rings. The molecule has 0 unspecified atom stereocenters. The predicted octanol–water partition coefficient (Wildman–Crippen LogP) is 3.27. The van der Waals surface area contributed by atoms with Crippen LogP contribution < -0.4 is 5.32 Å². The van der Waals surface area contributed by atoms with Gasteiger partial charge < -0.3 is 10.4 Å². The van der Waals surface area contributed by atoms with E-state index in [4.69, 9.17) is 0 Å². The molecule has 0 spiro atoms. The monoisotopic (exact) mass is 255 g/mol. The Morgan fingerprint density at radius 2 is 1.89 bits per heavy atom. The molecule has 0 aliphatic carbocycles. The first-order chi connectivity index (χ1) is 9.08. The van der Waals surface area contributed by atoms with E-state index < -0.39 is 0 Å². The summed E-state index contributed by atoms with van der Waals surface area (Å²) in [6.45, 7) is 5.80. The highest BCUT2D eigenvalue weighted by molar-refractivity contribution is 5.68. The van der Waals surface area contributed by atoms with Crippen molar-refractivity contribution in [3.05, 3.63) is 53.6 Å². The molecule has 1 aromatic heterocycles. The van der Waals surface area contributed by atoms with Crippen molar-refractivity contribution in [2.24, 2.45) is 0 Å². The van der Waals surface area contributed by atoms with Crippen molar-refractivity contribution in [3.8, 4) is 5.75 Å². The number of rotatable bonds is 3. The number of anilines is 1. The van der Waals surface area contributed by atoms with Gasteiger partial charge in [-0.05, 0) is 55.2 Å². The zero-order valence-electron chi connectivity index (χ0n) is 11.3. The second-order valence-electron chi connectivity index (χ2n) is 4.52. The minimum absolute atomic E-state index is 0.360. The van der Waals surface area contributed by atoms with Gasteiger partial charge in [-0.3, -0.25) is 4.98 Å². The fraction of sp³-hybridized carbons (Fsp3) is 0.200. The van der Waals surface area contributed by atoms with Crippen molar-refractivity contribution >= 4 is 11.4 Å². The van der Waals surface area contributed by atoms with Crippen molar-refractivity contribution in [3.63, 3.8) is 0 Å². The summed E-state index contributed by atoms with van der Waals surface area (Å²) in [5.74, 6) is 1.06. The van der Waals surface area contributed by atoms with Crippen LogP contribution in [0.4, 0.5) is 5.82 Å². The van der Waals surface area contributed by atoms with Gasteiger partial charge in [-0.2, -0.15) is 0 Å². The summed E-state index contributed by atoms with van der Waals surface area (Å²) >= 11 is 0. The van der Waals surface area contributed by atoms with E-state index in [9.17, 15) is 5.11 Å². The second-order valence-corrected chi connectivity index (χ2v) is 4.52. The number of phenolic OH excluding ortho intramolecular Hbond substituents is 1. The third-order valence-electron chi connectivity index (χ3n) is 2.95. The Labute approximate surface area is 112 Å². The second kappa shape index (κ2) is 5.52. The summed E-state index contributed by atoms with van der Waals surface area (Å²) in [7, 11) is 0. The number of benzene rings is 1.